The van der Waals surface area contributed by atoms with E-state index in [1.165, 1.54) is 7.11 Å². The van der Waals surface area contributed by atoms with E-state index in [-0.39, 0.29) is 11.9 Å². The van der Waals surface area contributed by atoms with Gasteiger partial charge in [0.15, 0.2) is 0 Å². The van der Waals surface area contributed by atoms with Gasteiger partial charge in [-0.2, -0.15) is 0 Å². The number of rotatable bonds is 2. The maximum absolute atomic E-state index is 11.3. The van der Waals surface area contributed by atoms with Crippen LogP contribution >= 0.6 is 15.9 Å². The Morgan fingerprint density at radius 2 is 2.21 bits per heavy atom. The average Bonchev–Trinajstić information content (AvgIpc) is 2.19. The summed E-state index contributed by atoms with van der Waals surface area (Å²) in [6.45, 7) is 1.77. The van der Waals surface area contributed by atoms with Gasteiger partial charge in [0.2, 0.25) is 0 Å². The summed E-state index contributed by atoms with van der Waals surface area (Å²) in [6, 6.07) is 5.43. The van der Waals surface area contributed by atoms with Crippen LogP contribution in [-0.4, -0.2) is 13.1 Å². The third kappa shape index (κ3) is 2.26. The van der Waals surface area contributed by atoms with Crippen LogP contribution in [0.2, 0.25) is 0 Å². The Morgan fingerprint density at radius 1 is 1.57 bits per heavy atom. The summed E-state index contributed by atoms with van der Waals surface area (Å²) in [4.78, 5) is 11.3. The number of esters is 1. The molecule has 4 heteroatoms. The zero-order valence-corrected chi connectivity index (χ0v) is 9.67. The number of carbonyl (C=O) groups excluding carboxylic acids is 1. The Hall–Kier alpha value is -1.03. The number of ether oxygens (including phenoxy) is 1. The minimum Gasteiger partial charge on any atom is -0.469 e. The summed E-state index contributed by atoms with van der Waals surface area (Å²) < 4.78 is 5.55. The highest BCUT2D eigenvalue weighted by atomic mass is 79.9. The Bertz CT molecular complexity index is 352. The van der Waals surface area contributed by atoms with Crippen LogP contribution in [0, 0.1) is 0 Å². The second-order valence-corrected chi connectivity index (χ2v) is 3.93. The van der Waals surface area contributed by atoms with Crippen LogP contribution in [0.1, 0.15) is 18.4 Å². The molecule has 76 valence electrons. The van der Waals surface area contributed by atoms with Crippen molar-refractivity contribution in [2.45, 2.75) is 12.8 Å². The quantitative estimate of drug-likeness (QED) is 0.654. The maximum Gasteiger partial charge on any atom is 0.312 e. The van der Waals surface area contributed by atoms with Crippen LogP contribution in [-0.2, 0) is 9.53 Å². The SMILES string of the molecule is COC(=O)C(C)c1cc(Br)ccc1N. The molecule has 0 heterocycles. The number of hydrogen-bond acceptors (Lipinski definition) is 3. The molecule has 0 aliphatic carbocycles. The van der Waals surface area contributed by atoms with Crippen molar-refractivity contribution < 1.29 is 9.53 Å². The van der Waals surface area contributed by atoms with Crippen molar-refractivity contribution in [3.05, 3.63) is 28.2 Å². The fourth-order valence-corrected chi connectivity index (χ4v) is 1.60. The fraction of sp³-hybridized carbons (Fsp3) is 0.300. The number of benzene rings is 1. The van der Waals surface area contributed by atoms with Gasteiger partial charge in [0.25, 0.3) is 0 Å². The highest BCUT2D eigenvalue weighted by Gasteiger charge is 2.18. The van der Waals surface area contributed by atoms with Crippen molar-refractivity contribution in [1.29, 1.82) is 0 Å². The van der Waals surface area contributed by atoms with Gasteiger partial charge in [-0.1, -0.05) is 15.9 Å². The van der Waals surface area contributed by atoms with E-state index in [1.54, 1.807) is 13.0 Å². The van der Waals surface area contributed by atoms with Crippen molar-refractivity contribution in [3.8, 4) is 0 Å². The van der Waals surface area contributed by atoms with Gasteiger partial charge in [-0.3, -0.25) is 4.79 Å². The Morgan fingerprint density at radius 3 is 2.79 bits per heavy atom. The number of hydrogen-bond donors (Lipinski definition) is 1. The standard InChI is InChI=1S/C10H12BrNO2/c1-6(10(13)14-2)8-5-7(11)3-4-9(8)12/h3-6H,12H2,1-2H3. The van der Waals surface area contributed by atoms with Crippen LogP contribution in [0.5, 0.6) is 0 Å². The molecule has 3 nitrogen and oxygen atoms in total. The molecule has 0 amide bonds. The topological polar surface area (TPSA) is 52.3 Å². The molecule has 1 unspecified atom stereocenters. The minimum absolute atomic E-state index is 0.283. The Balaban J connectivity index is 3.05. The normalized spacial score (nSPS) is 12.2. The lowest BCUT2D eigenvalue weighted by atomic mass is 10.00. The summed E-state index contributed by atoms with van der Waals surface area (Å²) in [6.07, 6.45) is 0. The maximum atomic E-state index is 11.3. The summed E-state index contributed by atoms with van der Waals surface area (Å²) >= 11 is 3.33. The number of nitrogen functional groups attached to an aromatic ring is 1. The molecule has 0 spiro atoms. The number of carbonyl (C=O) groups is 1. The van der Waals surface area contributed by atoms with Gasteiger partial charge in [0, 0.05) is 10.2 Å². The number of halogens is 1. The molecule has 0 saturated heterocycles. The lowest BCUT2D eigenvalue weighted by molar-refractivity contribution is -0.141. The molecule has 0 aliphatic heterocycles. The molecule has 2 N–H and O–H groups in total. The van der Waals surface area contributed by atoms with E-state index in [0.29, 0.717) is 5.69 Å². The zero-order chi connectivity index (χ0) is 10.7. The minimum atomic E-state index is -0.336. The second kappa shape index (κ2) is 4.46. The van der Waals surface area contributed by atoms with Gasteiger partial charge in [-0.15, -0.1) is 0 Å². The molecule has 0 aromatic heterocycles. The van der Waals surface area contributed by atoms with E-state index in [2.05, 4.69) is 20.7 Å². The van der Waals surface area contributed by atoms with Crippen LogP contribution in [0.15, 0.2) is 22.7 Å². The van der Waals surface area contributed by atoms with E-state index in [1.807, 2.05) is 12.1 Å². The van der Waals surface area contributed by atoms with Crippen molar-refractivity contribution in [3.63, 3.8) is 0 Å². The molecule has 0 radical (unpaired) electrons. The van der Waals surface area contributed by atoms with E-state index in [0.717, 1.165) is 10.0 Å². The number of nitrogens with two attached hydrogens (primary N) is 1. The van der Waals surface area contributed by atoms with Crippen molar-refractivity contribution in [2.24, 2.45) is 0 Å². The fourth-order valence-electron chi connectivity index (χ4n) is 1.22. The predicted octanol–water partition coefficient (Wildman–Crippen LogP) is 2.31. The number of methoxy groups -OCH3 is 1. The summed E-state index contributed by atoms with van der Waals surface area (Å²) in [7, 11) is 1.37. The van der Waals surface area contributed by atoms with Gasteiger partial charge in [0.05, 0.1) is 13.0 Å². The predicted molar refractivity (Wildman–Crippen MR) is 59.0 cm³/mol. The molecule has 14 heavy (non-hydrogen) atoms. The average molecular weight is 258 g/mol. The molecule has 0 bridgehead atoms. The van der Waals surface area contributed by atoms with E-state index in [4.69, 9.17) is 5.73 Å². The third-order valence-corrected chi connectivity index (χ3v) is 2.56. The molecule has 1 aromatic carbocycles. The highest BCUT2D eigenvalue weighted by molar-refractivity contribution is 9.10. The van der Waals surface area contributed by atoms with Crippen LogP contribution in [0.25, 0.3) is 0 Å². The van der Waals surface area contributed by atoms with Crippen molar-refractivity contribution in [1.82, 2.24) is 0 Å². The van der Waals surface area contributed by atoms with Gasteiger partial charge < -0.3 is 10.5 Å². The molecule has 1 aromatic rings. The summed E-state index contributed by atoms with van der Waals surface area (Å²) in [5.41, 5.74) is 7.14. The Labute approximate surface area is 91.4 Å². The molecule has 1 rings (SSSR count). The zero-order valence-electron chi connectivity index (χ0n) is 8.08. The van der Waals surface area contributed by atoms with Gasteiger partial charge >= 0.3 is 5.97 Å². The van der Waals surface area contributed by atoms with Crippen LogP contribution in [0.4, 0.5) is 5.69 Å². The highest BCUT2D eigenvalue weighted by Crippen LogP contribution is 2.26. The van der Waals surface area contributed by atoms with Gasteiger partial charge in [-0.25, -0.2) is 0 Å². The van der Waals surface area contributed by atoms with Gasteiger partial charge in [-0.05, 0) is 30.7 Å². The second-order valence-electron chi connectivity index (χ2n) is 3.02. The third-order valence-electron chi connectivity index (χ3n) is 2.07. The van der Waals surface area contributed by atoms with E-state index < -0.39 is 0 Å². The summed E-state index contributed by atoms with van der Waals surface area (Å²) in [5, 5.41) is 0. The van der Waals surface area contributed by atoms with Crippen molar-refractivity contribution >= 4 is 27.6 Å². The van der Waals surface area contributed by atoms with Crippen LogP contribution < -0.4 is 5.73 Å². The smallest absolute Gasteiger partial charge is 0.312 e. The number of anilines is 1. The molecule has 0 saturated carbocycles. The van der Waals surface area contributed by atoms with E-state index in [9.17, 15) is 4.79 Å². The first-order valence-electron chi connectivity index (χ1n) is 4.19. The first-order chi connectivity index (χ1) is 6.56. The molecule has 0 aliphatic rings. The lowest BCUT2D eigenvalue weighted by Gasteiger charge is -2.12. The monoisotopic (exact) mass is 257 g/mol. The first-order valence-corrected chi connectivity index (χ1v) is 4.98. The Kier molecular flexibility index (Phi) is 3.52. The lowest BCUT2D eigenvalue weighted by Crippen LogP contribution is -2.12. The molecular formula is C10H12BrNO2. The largest absolute Gasteiger partial charge is 0.469 e. The molecule has 0 fully saturated rings. The van der Waals surface area contributed by atoms with Crippen molar-refractivity contribution in [2.75, 3.05) is 12.8 Å². The molecule has 1 atom stereocenters. The summed E-state index contributed by atoms with van der Waals surface area (Å²) in [5.74, 6) is -0.618. The van der Waals surface area contributed by atoms with Gasteiger partial charge in [0.1, 0.15) is 0 Å². The van der Waals surface area contributed by atoms with E-state index >= 15 is 0 Å². The molecular weight excluding hydrogens is 246 g/mol. The first kappa shape index (κ1) is 11.0. The van der Waals surface area contributed by atoms with Crippen LogP contribution in [0.3, 0.4) is 0 Å².